The van der Waals surface area contributed by atoms with Crippen LogP contribution in [0.5, 0.6) is 0 Å². The van der Waals surface area contributed by atoms with Crippen LogP contribution in [0.25, 0.3) is 27.8 Å². The molecule has 4 rings (SSSR count). The third-order valence-electron chi connectivity index (χ3n) is 6.25. The summed E-state index contributed by atoms with van der Waals surface area (Å²) in [4.78, 5) is 5.08. The molecule has 3 heterocycles. The van der Waals surface area contributed by atoms with Gasteiger partial charge in [0, 0.05) is 17.6 Å². The molecule has 0 N–H and O–H groups in total. The quantitative estimate of drug-likeness (QED) is 0.346. The number of benzene rings is 1. The zero-order valence-electron chi connectivity index (χ0n) is 20.8. The summed E-state index contributed by atoms with van der Waals surface area (Å²) >= 11 is 0. The van der Waals surface area contributed by atoms with E-state index in [2.05, 4.69) is 82.7 Å². The van der Waals surface area contributed by atoms with Gasteiger partial charge in [0.1, 0.15) is 5.65 Å². The molecule has 32 heavy (non-hydrogen) atoms. The first-order valence-electron chi connectivity index (χ1n) is 11.8. The summed E-state index contributed by atoms with van der Waals surface area (Å²) in [6.45, 7) is 18.7. The lowest BCUT2D eigenvalue weighted by atomic mass is 9.94. The molecule has 0 aliphatic carbocycles. The summed E-state index contributed by atoms with van der Waals surface area (Å²) in [5.41, 5.74) is 11.7. The van der Waals surface area contributed by atoms with Gasteiger partial charge in [0.05, 0.1) is 29.7 Å². The van der Waals surface area contributed by atoms with Gasteiger partial charge in [-0.25, -0.2) is 4.98 Å². The van der Waals surface area contributed by atoms with Crippen LogP contribution >= 0.6 is 0 Å². The fourth-order valence-electron chi connectivity index (χ4n) is 5.03. The molecular weight excluding hydrogens is 396 g/mol. The van der Waals surface area contributed by atoms with E-state index >= 15 is 0 Å². The lowest BCUT2D eigenvalue weighted by Gasteiger charge is -2.14. The van der Waals surface area contributed by atoms with E-state index in [1.165, 1.54) is 33.3 Å². The van der Waals surface area contributed by atoms with Crippen LogP contribution in [-0.4, -0.2) is 31.9 Å². The van der Waals surface area contributed by atoms with Crippen molar-refractivity contribution in [2.45, 2.75) is 80.9 Å². The van der Waals surface area contributed by atoms with E-state index in [0.29, 0.717) is 6.61 Å². The van der Waals surface area contributed by atoms with Crippen molar-refractivity contribution < 1.29 is 4.74 Å². The number of nitrogens with zero attached hydrogens (tertiary/aromatic N) is 4. The summed E-state index contributed by atoms with van der Waals surface area (Å²) in [5, 5.41) is 6.21. The van der Waals surface area contributed by atoms with Gasteiger partial charge in [0.15, 0.2) is 5.65 Å². The summed E-state index contributed by atoms with van der Waals surface area (Å²) in [6.07, 6.45) is 2.35. The molecular formula is C27H36N4O. The Labute approximate surface area is 191 Å². The Hall–Kier alpha value is -2.66. The minimum atomic E-state index is 0.223. The minimum absolute atomic E-state index is 0.223. The molecule has 0 saturated heterocycles. The van der Waals surface area contributed by atoms with E-state index in [1.807, 2.05) is 0 Å². The number of hydrogen-bond acceptors (Lipinski definition) is 3. The molecule has 0 saturated carbocycles. The van der Waals surface area contributed by atoms with Gasteiger partial charge in [-0.2, -0.15) is 9.61 Å². The van der Waals surface area contributed by atoms with Crippen molar-refractivity contribution in [1.82, 2.24) is 19.2 Å². The van der Waals surface area contributed by atoms with E-state index in [-0.39, 0.29) is 6.10 Å². The third-order valence-corrected chi connectivity index (χ3v) is 6.25. The van der Waals surface area contributed by atoms with Crippen molar-refractivity contribution in [2.24, 2.45) is 0 Å². The van der Waals surface area contributed by atoms with Crippen molar-refractivity contribution in [3.8, 4) is 11.1 Å². The molecule has 0 bridgehead atoms. The first kappa shape index (κ1) is 22.5. The highest BCUT2D eigenvalue weighted by atomic mass is 16.5. The highest BCUT2D eigenvalue weighted by Gasteiger charge is 2.22. The predicted molar refractivity (Wildman–Crippen MR) is 133 cm³/mol. The zero-order valence-corrected chi connectivity index (χ0v) is 20.8. The maximum atomic E-state index is 5.91. The summed E-state index contributed by atoms with van der Waals surface area (Å²) in [6, 6.07) is 6.80. The van der Waals surface area contributed by atoms with Gasteiger partial charge in [-0.1, -0.05) is 31.0 Å². The monoisotopic (exact) mass is 432 g/mol. The Balaban J connectivity index is 2.01. The van der Waals surface area contributed by atoms with Crippen LogP contribution in [0.1, 0.15) is 61.0 Å². The average Bonchev–Trinajstić information content (AvgIpc) is 3.20. The molecule has 0 aliphatic heterocycles. The molecule has 4 aromatic rings. The number of aromatic nitrogens is 4. The topological polar surface area (TPSA) is 44.4 Å². The van der Waals surface area contributed by atoms with Gasteiger partial charge in [-0.15, -0.1) is 0 Å². The van der Waals surface area contributed by atoms with Crippen LogP contribution < -0.4 is 0 Å². The van der Waals surface area contributed by atoms with Crippen LogP contribution in [-0.2, 0) is 17.7 Å². The smallest absolute Gasteiger partial charge is 0.165 e. The molecule has 0 radical (unpaired) electrons. The lowest BCUT2D eigenvalue weighted by molar-refractivity contribution is 0.0729. The van der Waals surface area contributed by atoms with Crippen LogP contribution in [0.2, 0.25) is 0 Å². The number of ether oxygens (including phenoxy) is 1. The second-order valence-electron chi connectivity index (χ2n) is 9.36. The van der Waals surface area contributed by atoms with Gasteiger partial charge < -0.3 is 9.30 Å². The number of hydrogen-bond donors (Lipinski definition) is 0. The second kappa shape index (κ2) is 8.70. The van der Waals surface area contributed by atoms with E-state index in [4.69, 9.17) is 14.8 Å². The molecule has 0 amide bonds. The lowest BCUT2D eigenvalue weighted by Crippen LogP contribution is -2.14. The molecule has 3 aromatic heterocycles. The maximum absolute atomic E-state index is 5.91. The number of fused-ring (bicyclic) bond motifs is 3. The first-order valence-corrected chi connectivity index (χ1v) is 11.8. The largest absolute Gasteiger partial charge is 0.377 e. The molecule has 5 heteroatoms. The normalized spacial score (nSPS) is 12.0. The minimum Gasteiger partial charge on any atom is -0.377 e. The Kier molecular flexibility index (Phi) is 6.13. The van der Waals surface area contributed by atoms with E-state index in [9.17, 15) is 0 Å². The summed E-state index contributed by atoms with van der Waals surface area (Å²) in [7, 11) is 0. The summed E-state index contributed by atoms with van der Waals surface area (Å²) < 4.78 is 10.4. The number of rotatable bonds is 7. The molecule has 0 aliphatic rings. The van der Waals surface area contributed by atoms with Crippen molar-refractivity contribution >= 4 is 16.7 Å². The van der Waals surface area contributed by atoms with Crippen LogP contribution in [0.4, 0.5) is 0 Å². The van der Waals surface area contributed by atoms with Crippen LogP contribution in [0, 0.1) is 34.6 Å². The fourth-order valence-corrected chi connectivity index (χ4v) is 5.03. The van der Waals surface area contributed by atoms with Gasteiger partial charge in [-0.3, -0.25) is 0 Å². The Morgan fingerprint density at radius 2 is 1.62 bits per heavy atom. The number of aryl methyl sites for hydroxylation is 6. The van der Waals surface area contributed by atoms with Crippen LogP contribution in [0.3, 0.4) is 0 Å². The Morgan fingerprint density at radius 1 is 0.938 bits per heavy atom. The molecule has 170 valence electrons. The van der Waals surface area contributed by atoms with Gasteiger partial charge >= 0.3 is 0 Å². The highest BCUT2D eigenvalue weighted by Crippen LogP contribution is 2.35. The first-order chi connectivity index (χ1) is 15.2. The molecule has 0 atom stereocenters. The Bertz CT molecular complexity index is 1270. The van der Waals surface area contributed by atoms with E-state index in [1.54, 1.807) is 0 Å². The third kappa shape index (κ3) is 3.83. The van der Waals surface area contributed by atoms with E-state index < -0.39 is 0 Å². The standard InChI is InChI=1S/C27H36N4O/c1-9-10-22-15-23-20(7)28-26-25(24-18(5)13-17(4)14-19(24)6)21(8)29-31(26)27(23)30(22)11-12-32-16(2)3/h13-16H,9-12H2,1-8H3. The van der Waals surface area contributed by atoms with Crippen LogP contribution in [0.15, 0.2) is 18.2 Å². The summed E-state index contributed by atoms with van der Waals surface area (Å²) in [5.74, 6) is 0. The molecule has 0 fully saturated rings. The van der Waals surface area contributed by atoms with Crippen molar-refractivity contribution in [2.75, 3.05) is 6.61 Å². The van der Waals surface area contributed by atoms with Crippen molar-refractivity contribution in [1.29, 1.82) is 0 Å². The predicted octanol–water partition coefficient (Wildman–Crippen LogP) is 6.27. The molecule has 1 aromatic carbocycles. The SMILES string of the molecule is CCCc1cc2c(C)nc3c(-c4c(C)cc(C)cc4C)c(C)nn3c2n1CCOC(C)C. The van der Waals surface area contributed by atoms with Gasteiger partial charge in [0.2, 0.25) is 0 Å². The molecule has 0 unspecified atom stereocenters. The second-order valence-corrected chi connectivity index (χ2v) is 9.36. The molecule has 0 spiro atoms. The Morgan fingerprint density at radius 3 is 2.25 bits per heavy atom. The van der Waals surface area contributed by atoms with Crippen molar-refractivity contribution in [3.63, 3.8) is 0 Å². The van der Waals surface area contributed by atoms with Crippen molar-refractivity contribution in [3.05, 3.63) is 52.0 Å². The van der Waals surface area contributed by atoms with Gasteiger partial charge in [-0.05, 0) is 77.6 Å². The highest BCUT2D eigenvalue weighted by molar-refractivity contribution is 5.90. The average molecular weight is 433 g/mol. The van der Waals surface area contributed by atoms with E-state index in [0.717, 1.165) is 47.6 Å². The zero-order chi connectivity index (χ0) is 23.2. The maximum Gasteiger partial charge on any atom is 0.165 e. The fraction of sp³-hybridized carbons (Fsp3) is 0.481. The van der Waals surface area contributed by atoms with Gasteiger partial charge in [0.25, 0.3) is 0 Å². The molecule has 5 nitrogen and oxygen atoms in total.